The number of pyridine rings is 1. The van der Waals surface area contributed by atoms with Crippen LogP contribution in [-0.2, 0) is 16.3 Å². The van der Waals surface area contributed by atoms with E-state index in [1.54, 1.807) is 6.20 Å². The van der Waals surface area contributed by atoms with Crippen molar-refractivity contribution in [2.75, 3.05) is 11.5 Å². The van der Waals surface area contributed by atoms with Gasteiger partial charge >= 0.3 is 0 Å². The first kappa shape index (κ1) is 12.6. The normalized spacial score (nSPS) is 22.1. The van der Waals surface area contributed by atoms with E-state index in [-0.39, 0.29) is 17.5 Å². The number of hydrogen-bond acceptors (Lipinski definition) is 4. The lowest BCUT2D eigenvalue weighted by molar-refractivity contribution is 0.539. The minimum atomic E-state index is -2.90. The molecule has 2 aromatic rings. The third-order valence-electron chi connectivity index (χ3n) is 3.57. The molecule has 0 aromatic carbocycles. The van der Waals surface area contributed by atoms with Gasteiger partial charge in [-0.2, -0.15) is 0 Å². The largest absolute Gasteiger partial charge is 0.309 e. The number of aromatic nitrogens is 3. The molecule has 0 spiro atoms. The molecule has 3 rings (SSSR count). The minimum absolute atomic E-state index is 0.00792. The molecule has 1 unspecified atom stereocenters. The molecule has 1 fully saturated rings. The standard InChI is InChI=1S/C13H17N3O2S/c1-2-4-12-15-11-5-3-7-14-13(11)16(12)10-6-8-19(17,18)9-10/h3,5,7,10H,2,4,6,8-9H2,1H3. The van der Waals surface area contributed by atoms with E-state index in [4.69, 9.17) is 0 Å². The van der Waals surface area contributed by atoms with Crippen molar-refractivity contribution in [1.82, 2.24) is 14.5 Å². The van der Waals surface area contributed by atoms with Crippen molar-refractivity contribution in [3.05, 3.63) is 24.2 Å². The number of imidazole rings is 1. The number of hydrogen-bond donors (Lipinski definition) is 0. The van der Waals surface area contributed by atoms with Gasteiger partial charge in [-0.15, -0.1) is 0 Å². The maximum absolute atomic E-state index is 11.7. The summed E-state index contributed by atoms with van der Waals surface area (Å²) >= 11 is 0. The van der Waals surface area contributed by atoms with Gasteiger partial charge in [-0.1, -0.05) is 6.92 Å². The first-order chi connectivity index (χ1) is 9.11. The van der Waals surface area contributed by atoms with E-state index in [9.17, 15) is 8.42 Å². The summed E-state index contributed by atoms with van der Waals surface area (Å²) in [6.45, 7) is 2.10. The first-order valence-electron chi connectivity index (χ1n) is 6.63. The van der Waals surface area contributed by atoms with Gasteiger partial charge in [-0.25, -0.2) is 18.4 Å². The second-order valence-corrected chi connectivity index (χ2v) is 7.28. The SMILES string of the molecule is CCCc1nc2cccnc2n1C1CCS(=O)(=O)C1. The Morgan fingerprint density at radius 3 is 3.00 bits per heavy atom. The highest BCUT2D eigenvalue weighted by Crippen LogP contribution is 2.28. The van der Waals surface area contributed by atoms with E-state index in [1.165, 1.54) is 0 Å². The van der Waals surface area contributed by atoms with Gasteiger partial charge in [0.1, 0.15) is 11.3 Å². The summed E-state index contributed by atoms with van der Waals surface area (Å²) < 4.78 is 25.4. The van der Waals surface area contributed by atoms with Crippen LogP contribution in [0.2, 0.25) is 0 Å². The Morgan fingerprint density at radius 2 is 2.32 bits per heavy atom. The van der Waals surface area contributed by atoms with Crippen LogP contribution in [0.25, 0.3) is 11.2 Å². The summed E-state index contributed by atoms with van der Waals surface area (Å²) in [7, 11) is -2.90. The average molecular weight is 279 g/mol. The lowest BCUT2D eigenvalue weighted by atomic mass is 10.2. The Hall–Kier alpha value is -1.43. The van der Waals surface area contributed by atoms with Crippen molar-refractivity contribution in [2.24, 2.45) is 0 Å². The molecule has 0 N–H and O–H groups in total. The fourth-order valence-electron chi connectivity index (χ4n) is 2.74. The molecular formula is C13H17N3O2S. The van der Waals surface area contributed by atoms with Gasteiger partial charge in [-0.3, -0.25) is 0 Å². The van der Waals surface area contributed by atoms with Crippen LogP contribution in [-0.4, -0.2) is 34.5 Å². The van der Waals surface area contributed by atoms with Gasteiger partial charge < -0.3 is 4.57 Å². The number of nitrogens with zero attached hydrogens (tertiary/aromatic N) is 3. The van der Waals surface area contributed by atoms with Crippen LogP contribution in [0.5, 0.6) is 0 Å². The molecule has 102 valence electrons. The van der Waals surface area contributed by atoms with E-state index in [0.29, 0.717) is 6.42 Å². The van der Waals surface area contributed by atoms with Crippen LogP contribution in [0.15, 0.2) is 18.3 Å². The van der Waals surface area contributed by atoms with Crippen molar-refractivity contribution >= 4 is 21.0 Å². The summed E-state index contributed by atoms with van der Waals surface area (Å²) in [5.74, 6) is 1.44. The van der Waals surface area contributed by atoms with Crippen LogP contribution in [0.4, 0.5) is 0 Å². The zero-order valence-corrected chi connectivity index (χ0v) is 11.7. The predicted molar refractivity (Wildman–Crippen MR) is 73.8 cm³/mol. The van der Waals surface area contributed by atoms with Crippen LogP contribution >= 0.6 is 0 Å². The Balaban J connectivity index is 2.12. The van der Waals surface area contributed by atoms with E-state index in [0.717, 1.165) is 29.8 Å². The summed E-state index contributed by atoms with van der Waals surface area (Å²) in [5.41, 5.74) is 1.67. The van der Waals surface area contributed by atoms with Crippen molar-refractivity contribution in [3.63, 3.8) is 0 Å². The van der Waals surface area contributed by atoms with E-state index >= 15 is 0 Å². The Morgan fingerprint density at radius 1 is 1.47 bits per heavy atom. The topological polar surface area (TPSA) is 64.8 Å². The summed E-state index contributed by atoms with van der Waals surface area (Å²) in [4.78, 5) is 8.98. The highest BCUT2D eigenvalue weighted by atomic mass is 32.2. The third kappa shape index (κ3) is 2.25. The fourth-order valence-corrected chi connectivity index (χ4v) is 4.44. The minimum Gasteiger partial charge on any atom is -0.309 e. The molecule has 0 bridgehead atoms. The number of fused-ring (bicyclic) bond motifs is 1. The summed E-state index contributed by atoms with van der Waals surface area (Å²) in [6.07, 6.45) is 4.25. The molecule has 2 aromatic heterocycles. The Labute approximate surface area is 112 Å². The molecule has 1 saturated heterocycles. The maximum atomic E-state index is 11.7. The number of rotatable bonds is 3. The van der Waals surface area contributed by atoms with E-state index in [2.05, 4.69) is 16.9 Å². The first-order valence-corrected chi connectivity index (χ1v) is 8.45. The molecule has 1 aliphatic heterocycles. The van der Waals surface area contributed by atoms with Gasteiger partial charge in [0.25, 0.3) is 0 Å². The van der Waals surface area contributed by atoms with Crippen molar-refractivity contribution < 1.29 is 8.42 Å². The van der Waals surface area contributed by atoms with Crippen molar-refractivity contribution in [2.45, 2.75) is 32.2 Å². The number of aryl methyl sites for hydroxylation is 1. The molecule has 0 aliphatic carbocycles. The van der Waals surface area contributed by atoms with Crippen molar-refractivity contribution in [3.8, 4) is 0 Å². The molecule has 1 aliphatic rings. The molecule has 0 radical (unpaired) electrons. The van der Waals surface area contributed by atoms with Gasteiger partial charge in [0.05, 0.1) is 17.5 Å². The highest BCUT2D eigenvalue weighted by Gasteiger charge is 2.31. The Kier molecular flexibility index (Phi) is 3.05. The molecule has 6 heteroatoms. The molecule has 0 amide bonds. The van der Waals surface area contributed by atoms with Gasteiger partial charge in [-0.05, 0) is 25.0 Å². The monoisotopic (exact) mass is 279 g/mol. The predicted octanol–water partition coefficient (Wildman–Crippen LogP) is 1.74. The van der Waals surface area contributed by atoms with Gasteiger partial charge in [0.2, 0.25) is 0 Å². The second-order valence-electron chi connectivity index (χ2n) is 5.05. The quantitative estimate of drug-likeness (QED) is 0.858. The molecule has 19 heavy (non-hydrogen) atoms. The van der Waals surface area contributed by atoms with E-state index < -0.39 is 9.84 Å². The molecule has 1 atom stereocenters. The lowest BCUT2D eigenvalue weighted by Gasteiger charge is -2.14. The lowest BCUT2D eigenvalue weighted by Crippen LogP contribution is -2.14. The van der Waals surface area contributed by atoms with Crippen molar-refractivity contribution in [1.29, 1.82) is 0 Å². The number of sulfone groups is 1. The van der Waals surface area contributed by atoms with E-state index in [1.807, 2.05) is 16.7 Å². The Bertz CT molecular complexity index is 706. The summed E-state index contributed by atoms with van der Waals surface area (Å²) in [5, 5.41) is 0. The molecule has 5 nitrogen and oxygen atoms in total. The van der Waals surface area contributed by atoms with Gasteiger partial charge in [0.15, 0.2) is 15.5 Å². The third-order valence-corrected chi connectivity index (χ3v) is 5.32. The smallest absolute Gasteiger partial charge is 0.160 e. The zero-order chi connectivity index (χ0) is 13.5. The van der Waals surface area contributed by atoms with Gasteiger partial charge in [0, 0.05) is 12.6 Å². The van der Waals surface area contributed by atoms with Crippen LogP contribution in [0.1, 0.15) is 31.6 Å². The zero-order valence-electron chi connectivity index (χ0n) is 10.9. The summed E-state index contributed by atoms with van der Waals surface area (Å²) in [6, 6.07) is 3.79. The fraction of sp³-hybridized carbons (Fsp3) is 0.538. The molecular weight excluding hydrogens is 262 g/mol. The second kappa shape index (κ2) is 4.59. The average Bonchev–Trinajstić information content (AvgIpc) is 2.89. The molecule has 3 heterocycles. The highest BCUT2D eigenvalue weighted by molar-refractivity contribution is 7.91. The maximum Gasteiger partial charge on any atom is 0.160 e. The van der Waals surface area contributed by atoms with Crippen LogP contribution in [0.3, 0.4) is 0 Å². The molecule has 0 saturated carbocycles. The van der Waals surface area contributed by atoms with Crippen LogP contribution in [0, 0.1) is 0 Å². The van der Waals surface area contributed by atoms with Crippen LogP contribution < -0.4 is 0 Å².